The second-order valence-electron chi connectivity index (χ2n) is 7.34. The van der Waals surface area contributed by atoms with Crippen LogP contribution in [0.15, 0.2) is 47.6 Å². The molecule has 1 fully saturated rings. The number of methoxy groups -OCH3 is 1. The summed E-state index contributed by atoms with van der Waals surface area (Å²) in [5, 5.41) is 0. The highest BCUT2D eigenvalue weighted by atomic mass is 16.5. The molecule has 0 saturated heterocycles. The van der Waals surface area contributed by atoms with Crippen LogP contribution in [0.1, 0.15) is 45.6 Å². The number of allylic oxidation sites excluding steroid dienone is 3. The zero-order valence-electron chi connectivity index (χ0n) is 16.9. The fourth-order valence-corrected chi connectivity index (χ4v) is 3.70. The molecular formula is C23H34O3. The van der Waals surface area contributed by atoms with Crippen molar-refractivity contribution in [2.24, 2.45) is 5.41 Å². The quantitative estimate of drug-likeness (QED) is 0.533. The smallest absolute Gasteiger partial charge is 0.118 e. The molecule has 0 N–H and O–H groups in total. The molecule has 1 aromatic carbocycles. The second-order valence-corrected chi connectivity index (χ2v) is 7.34. The summed E-state index contributed by atoms with van der Waals surface area (Å²) in [7, 11) is 1.70. The summed E-state index contributed by atoms with van der Waals surface area (Å²) in [5.41, 5.74) is 5.64. The van der Waals surface area contributed by atoms with E-state index in [-0.39, 0.29) is 5.41 Å². The van der Waals surface area contributed by atoms with Gasteiger partial charge in [0.1, 0.15) is 5.75 Å². The average molecular weight is 359 g/mol. The van der Waals surface area contributed by atoms with Crippen LogP contribution in [0, 0.1) is 5.41 Å². The molecule has 1 aliphatic rings. The Labute approximate surface area is 159 Å². The molecule has 1 aromatic rings. The number of benzene rings is 1. The molecular weight excluding hydrogens is 324 g/mol. The maximum Gasteiger partial charge on any atom is 0.118 e. The Morgan fingerprint density at radius 1 is 1.04 bits per heavy atom. The molecule has 3 nitrogen and oxygen atoms in total. The fourth-order valence-electron chi connectivity index (χ4n) is 3.70. The normalized spacial score (nSPS) is 15.5. The zero-order valence-corrected chi connectivity index (χ0v) is 16.9. The van der Waals surface area contributed by atoms with Crippen molar-refractivity contribution in [1.82, 2.24) is 0 Å². The van der Waals surface area contributed by atoms with E-state index in [1.54, 1.807) is 7.11 Å². The van der Waals surface area contributed by atoms with Crippen LogP contribution in [0.4, 0.5) is 0 Å². The van der Waals surface area contributed by atoms with Crippen LogP contribution in [0.5, 0.6) is 5.75 Å². The highest BCUT2D eigenvalue weighted by Gasteiger charge is 2.42. The number of hydrogen-bond donors (Lipinski definition) is 0. The van der Waals surface area contributed by atoms with E-state index in [9.17, 15) is 0 Å². The summed E-state index contributed by atoms with van der Waals surface area (Å²) in [6.45, 7) is 13.6. The van der Waals surface area contributed by atoms with E-state index in [0.29, 0.717) is 0 Å². The first-order valence-corrected chi connectivity index (χ1v) is 9.68. The highest BCUT2D eigenvalue weighted by molar-refractivity contribution is 5.38. The van der Waals surface area contributed by atoms with E-state index in [0.717, 1.165) is 57.9 Å². The summed E-state index contributed by atoms with van der Waals surface area (Å²) in [5.74, 6) is 0.905. The maximum absolute atomic E-state index is 5.74. The van der Waals surface area contributed by atoms with Gasteiger partial charge in [-0.05, 0) is 69.7 Å². The minimum atomic E-state index is 0.155. The van der Waals surface area contributed by atoms with Gasteiger partial charge < -0.3 is 14.2 Å². The Bertz CT molecular complexity index is 595. The van der Waals surface area contributed by atoms with Crippen molar-refractivity contribution in [2.45, 2.75) is 46.5 Å². The Morgan fingerprint density at radius 2 is 1.62 bits per heavy atom. The lowest BCUT2D eigenvalue weighted by Gasteiger charge is -2.45. The average Bonchev–Trinajstić information content (AvgIpc) is 2.62. The minimum absolute atomic E-state index is 0.155. The van der Waals surface area contributed by atoms with Crippen LogP contribution in [-0.2, 0) is 15.9 Å². The molecule has 0 unspecified atom stereocenters. The molecule has 1 saturated carbocycles. The van der Waals surface area contributed by atoms with Gasteiger partial charge in [-0.2, -0.15) is 0 Å². The third-order valence-electron chi connectivity index (χ3n) is 5.17. The molecule has 0 aromatic heterocycles. The zero-order chi connectivity index (χ0) is 19.0. The summed E-state index contributed by atoms with van der Waals surface area (Å²) in [6, 6.07) is 8.35. The fraction of sp³-hybridized carbons (Fsp3) is 0.565. The van der Waals surface area contributed by atoms with Gasteiger partial charge in [0, 0.05) is 18.6 Å². The summed E-state index contributed by atoms with van der Waals surface area (Å²) >= 11 is 0. The molecule has 1 aliphatic carbocycles. The summed E-state index contributed by atoms with van der Waals surface area (Å²) in [4.78, 5) is 0. The second kappa shape index (κ2) is 9.94. The van der Waals surface area contributed by atoms with Crippen LogP contribution >= 0.6 is 0 Å². The molecule has 0 atom stereocenters. The third kappa shape index (κ3) is 5.46. The molecule has 0 radical (unpaired) electrons. The molecule has 0 heterocycles. The number of rotatable bonds is 11. The Hall–Kier alpha value is -1.58. The van der Waals surface area contributed by atoms with Crippen LogP contribution in [-0.4, -0.2) is 33.5 Å². The first-order valence-electron chi connectivity index (χ1n) is 9.68. The van der Waals surface area contributed by atoms with Gasteiger partial charge in [-0.25, -0.2) is 0 Å². The summed E-state index contributed by atoms with van der Waals surface area (Å²) in [6.07, 6.45) is 4.20. The van der Waals surface area contributed by atoms with Gasteiger partial charge in [0.15, 0.2) is 0 Å². The molecule has 0 spiro atoms. The van der Waals surface area contributed by atoms with Crippen molar-refractivity contribution in [3.63, 3.8) is 0 Å². The maximum atomic E-state index is 5.74. The van der Waals surface area contributed by atoms with Gasteiger partial charge in [0.05, 0.1) is 20.3 Å². The van der Waals surface area contributed by atoms with Gasteiger partial charge in [-0.15, -0.1) is 0 Å². The van der Waals surface area contributed by atoms with E-state index in [2.05, 4.69) is 39.5 Å². The van der Waals surface area contributed by atoms with Crippen molar-refractivity contribution in [3.8, 4) is 5.75 Å². The standard InChI is InChI=1S/C23H34O3/c1-6-25-16-23(17-26-7-2)14-20(15-23)22(18(3)4)13-10-19-8-11-21(24-5)12-9-19/h8-9,11-12H,3,6-7,10,13-17H2,1-2,4-5H3. The molecule has 0 bridgehead atoms. The first kappa shape index (κ1) is 20.7. The predicted octanol–water partition coefficient (Wildman–Crippen LogP) is 5.35. The first-order chi connectivity index (χ1) is 12.5. The SMILES string of the molecule is C=C(C)C(CCc1ccc(OC)cc1)=C1CC(COCC)(COCC)C1. The predicted molar refractivity (Wildman–Crippen MR) is 108 cm³/mol. The minimum Gasteiger partial charge on any atom is -0.497 e. The Morgan fingerprint density at radius 3 is 2.08 bits per heavy atom. The van der Waals surface area contributed by atoms with Gasteiger partial charge >= 0.3 is 0 Å². The molecule has 0 amide bonds. The molecule has 2 rings (SSSR count). The van der Waals surface area contributed by atoms with E-state index in [1.807, 2.05) is 12.1 Å². The third-order valence-corrected chi connectivity index (χ3v) is 5.17. The van der Waals surface area contributed by atoms with Crippen molar-refractivity contribution in [3.05, 3.63) is 53.1 Å². The van der Waals surface area contributed by atoms with E-state index in [1.165, 1.54) is 22.3 Å². The van der Waals surface area contributed by atoms with E-state index >= 15 is 0 Å². The van der Waals surface area contributed by atoms with Gasteiger partial charge in [-0.1, -0.05) is 29.9 Å². The Kier molecular flexibility index (Phi) is 7.92. The lowest BCUT2D eigenvalue weighted by atomic mass is 9.64. The highest BCUT2D eigenvalue weighted by Crippen LogP contribution is 2.48. The largest absolute Gasteiger partial charge is 0.497 e. The molecule has 3 heteroatoms. The van der Waals surface area contributed by atoms with Gasteiger partial charge in [0.2, 0.25) is 0 Å². The van der Waals surface area contributed by atoms with Crippen molar-refractivity contribution in [1.29, 1.82) is 0 Å². The van der Waals surface area contributed by atoms with Gasteiger partial charge in [-0.3, -0.25) is 0 Å². The van der Waals surface area contributed by atoms with Crippen molar-refractivity contribution >= 4 is 0 Å². The van der Waals surface area contributed by atoms with Crippen molar-refractivity contribution < 1.29 is 14.2 Å². The number of ether oxygens (including phenoxy) is 3. The lowest BCUT2D eigenvalue weighted by molar-refractivity contribution is -0.0391. The molecule has 144 valence electrons. The number of hydrogen-bond acceptors (Lipinski definition) is 3. The topological polar surface area (TPSA) is 27.7 Å². The monoisotopic (exact) mass is 358 g/mol. The molecule has 0 aliphatic heterocycles. The Balaban J connectivity index is 2.02. The van der Waals surface area contributed by atoms with E-state index in [4.69, 9.17) is 14.2 Å². The van der Waals surface area contributed by atoms with Crippen LogP contribution < -0.4 is 4.74 Å². The lowest BCUT2D eigenvalue weighted by Crippen LogP contribution is -2.41. The van der Waals surface area contributed by atoms with Crippen LogP contribution in [0.3, 0.4) is 0 Å². The summed E-state index contributed by atoms with van der Waals surface area (Å²) < 4.78 is 16.7. The number of aryl methyl sites for hydroxylation is 1. The van der Waals surface area contributed by atoms with E-state index < -0.39 is 0 Å². The van der Waals surface area contributed by atoms with Crippen LogP contribution in [0.2, 0.25) is 0 Å². The molecule has 26 heavy (non-hydrogen) atoms. The van der Waals surface area contributed by atoms with Gasteiger partial charge in [0.25, 0.3) is 0 Å². The van der Waals surface area contributed by atoms with Crippen molar-refractivity contribution in [2.75, 3.05) is 33.5 Å². The van der Waals surface area contributed by atoms with Crippen LogP contribution in [0.25, 0.3) is 0 Å².